The highest BCUT2D eigenvalue weighted by atomic mass is 35.5. The number of hydrazine groups is 1. The lowest BCUT2D eigenvalue weighted by Gasteiger charge is -2.20. The summed E-state index contributed by atoms with van der Waals surface area (Å²) in [5, 5.41) is 0.394. The van der Waals surface area contributed by atoms with E-state index in [2.05, 4.69) is 10.9 Å². The van der Waals surface area contributed by atoms with E-state index in [9.17, 15) is 18.0 Å². The summed E-state index contributed by atoms with van der Waals surface area (Å²) < 4.78 is 32.4. The van der Waals surface area contributed by atoms with E-state index in [4.69, 9.17) is 16.3 Å². The highest BCUT2D eigenvalue weighted by Crippen LogP contribution is 2.25. The average Bonchev–Trinajstić information content (AvgIpc) is 2.82. The number of carbonyl (C=O) groups is 2. The summed E-state index contributed by atoms with van der Waals surface area (Å²) in [7, 11) is -2.56. The third-order valence-electron chi connectivity index (χ3n) is 4.64. The van der Waals surface area contributed by atoms with Crippen LogP contribution in [-0.4, -0.2) is 33.9 Å². The molecule has 0 aliphatic carbocycles. The molecule has 0 spiro atoms. The molecular formula is C23H22ClN3O5S. The molecule has 0 atom stereocenters. The molecule has 0 aliphatic heterocycles. The summed E-state index contributed by atoms with van der Waals surface area (Å²) >= 11 is 5.96. The Kier molecular flexibility index (Phi) is 7.57. The van der Waals surface area contributed by atoms with Crippen molar-refractivity contribution in [2.45, 2.75) is 11.8 Å². The van der Waals surface area contributed by atoms with Crippen molar-refractivity contribution in [3.05, 3.63) is 88.9 Å². The maximum absolute atomic E-state index is 13.0. The standard InChI is InChI=1S/C23H22ClN3O5S/c1-3-32-20-12-10-16(11-13-20)22(28)25-26-23(29)17-6-4-9-21(14-17)33(30,31)27(2)19-8-5-7-18(24)15-19/h4-15H,3H2,1-2H3,(H,25,28)(H,26,29). The Hall–Kier alpha value is -3.56. The fourth-order valence-electron chi connectivity index (χ4n) is 2.89. The predicted octanol–water partition coefficient (Wildman–Crippen LogP) is 3.64. The summed E-state index contributed by atoms with van der Waals surface area (Å²) in [4.78, 5) is 24.7. The van der Waals surface area contributed by atoms with Gasteiger partial charge in [-0.1, -0.05) is 23.7 Å². The van der Waals surface area contributed by atoms with Crippen LogP contribution in [0.15, 0.2) is 77.7 Å². The van der Waals surface area contributed by atoms with E-state index in [0.29, 0.717) is 28.6 Å². The van der Waals surface area contributed by atoms with Crippen LogP contribution in [0.5, 0.6) is 5.75 Å². The molecule has 0 saturated carbocycles. The molecule has 3 aromatic rings. The molecule has 172 valence electrons. The number of hydrogen-bond acceptors (Lipinski definition) is 5. The SMILES string of the molecule is CCOc1ccc(C(=O)NNC(=O)c2cccc(S(=O)(=O)N(C)c3cccc(Cl)c3)c2)cc1. The van der Waals surface area contributed by atoms with Gasteiger partial charge in [0, 0.05) is 23.2 Å². The Balaban J connectivity index is 1.70. The minimum Gasteiger partial charge on any atom is -0.494 e. The van der Waals surface area contributed by atoms with E-state index in [1.165, 1.54) is 37.4 Å². The van der Waals surface area contributed by atoms with Gasteiger partial charge in [-0.25, -0.2) is 8.42 Å². The number of nitrogens with zero attached hydrogens (tertiary/aromatic N) is 1. The van der Waals surface area contributed by atoms with Gasteiger partial charge in [-0.2, -0.15) is 0 Å². The van der Waals surface area contributed by atoms with Crippen molar-refractivity contribution in [3.8, 4) is 5.75 Å². The van der Waals surface area contributed by atoms with Crippen LogP contribution in [0.25, 0.3) is 0 Å². The minimum atomic E-state index is -3.95. The number of anilines is 1. The van der Waals surface area contributed by atoms with Crippen LogP contribution in [0.1, 0.15) is 27.6 Å². The summed E-state index contributed by atoms with van der Waals surface area (Å²) in [6, 6.07) is 18.3. The molecule has 0 radical (unpaired) electrons. The Bertz CT molecular complexity index is 1260. The van der Waals surface area contributed by atoms with Gasteiger partial charge in [-0.3, -0.25) is 24.7 Å². The monoisotopic (exact) mass is 487 g/mol. The van der Waals surface area contributed by atoms with Crippen LogP contribution >= 0.6 is 11.6 Å². The Labute approximate surface area is 197 Å². The number of sulfonamides is 1. The van der Waals surface area contributed by atoms with Gasteiger partial charge in [0.2, 0.25) is 0 Å². The zero-order valence-electron chi connectivity index (χ0n) is 17.9. The van der Waals surface area contributed by atoms with Gasteiger partial charge >= 0.3 is 0 Å². The molecule has 0 saturated heterocycles. The Morgan fingerprint density at radius 2 is 1.55 bits per heavy atom. The number of carbonyl (C=O) groups excluding carboxylic acids is 2. The van der Waals surface area contributed by atoms with Crippen LogP contribution in [0.4, 0.5) is 5.69 Å². The molecule has 0 unspecified atom stereocenters. The van der Waals surface area contributed by atoms with Gasteiger partial charge in [0.15, 0.2) is 0 Å². The first-order valence-electron chi connectivity index (χ1n) is 9.90. The first-order chi connectivity index (χ1) is 15.7. The van der Waals surface area contributed by atoms with Gasteiger partial charge < -0.3 is 4.74 Å². The molecule has 3 rings (SSSR count). The van der Waals surface area contributed by atoms with Gasteiger partial charge in [0.05, 0.1) is 17.2 Å². The van der Waals surface area contributed by atoms with Crippen LogP contribution in [0.2, 0.25) is 5.02 Å². The van der Waals surface area contributed by atoms with Crippen molar-refractivity contribution in [1.82, 2.24) is 10.9 Å². The normalized spacial score (nSPS) is 10.9. The fourth-order valence-corrected chi connectivity index (χ4v) is 4.31. The summed E-state index contributed by atoms with van der Waals surface area (Å²) in [5.41, 5.74) is 5.35. The Morgan fingerprint density at radius 1 is 0.909 bits per heavy atom. The van der Waals surface area contributed by atoms with E-state index >= 15 is 0 Å². The average molecular weight is 488 g/mol. The number of ether oxygens (including phenoxy) is 1. The smallest absolute Gasteiger partial charge is 0.269 e. The van der Waals surface area contributed by atoms with E-state index in [0.717, 1.165) is 4.31 Å². The summed E-state index contributed by atoms with van der Waals surface area (Å²) in [6.45, 7) is 2.36. The lowest BCUT2D eigenvalue weighted by atomic mass is 10.2. The lowest BCUT2D eigenvalue weighted by Crippen LogP contribution is -2.41. The largest absolute Gasteiger partial charge is 0.494 e. The van der Waals surface area contributed by atoms with Crippen molar-refractivity contribution < 1.29 is 22.7 Å². The number of nitrogens with one attached hydrogen (secondary N) is 2. The second kappa shape index (κ2) is 10.4. The second-order valence-electron chi connectivity index (χ2n) is 6.85. The highest BCUT2D eigenvalue weighted by Gasteiger charge is 2.23. The van der Waals surface area contributed by atoms with Crippen molar-refractivity contribution >= 4 is 39.1 Å². The molecule has 3 aromatic carbocycles. The third kappa shape index (κ3) is 5.82. The topological polar surface area (TPSA) is 105 Å². The van der Waals surface area contributed by atoms with Crippen LogP contribution in [-0.2, 0) is 10.0 Å². The molecule has 0 fully saturated rings. The fraction of sp³-hybridized carbons (Fsp3) is 0.130. The zero-order valence-corrected chi connectivity index (χ0v) is 19.5. The number of rotatable bonds is 7. The Morgan fingerprint density at radius 3 is 2.18 bits per heavy atom. The van der Waals surface area contributed by atoms with Gasteiger partial charge in [-0.15, -0.1) is 0 Å². The highest BCUT2D eigenvalue weighted by molar-refractivity contribution is 7.92. The summed E-state index contributed by atoms with van der Waals surface area (Å²) in [6.07, 6.45) is 0. The number of amides is 2. The van der Waals surface area contributed by atoms with E-state index in [1.54, 1.807) is 42.5 Å². The lowest BCUT2D eigenvalue weighted by molar-refractivity contribution is 0.0846. The van der Waals surface area contributed by atoms with E-state index < -0.39 is 21.8 Å². The molecular weight excluding hydrogens is 466 g/mol. The van der Waals surface area contributed by atoms with Crippen molar-refractivity contribution in [2.24, 2.45) is 0 Å². The van der Waals surface area contributed by atoms with E-state index in [1.807, 2.05) is 6.92 Å². The van der Waals surface area contributed by atoms with Crippen LogP contribution in [0, 0.1) is 0 Å². The van der Waals surface area contributed by atoms with Crippen molar-refractivity contribution in [3.63, 3.8) is 0 Å². The molecule has 10 heteroatoms. The number of benzene rings is 3. The molecule has 8 nitrogen and oxygen atoms in total. The molecule has 0 aromatic heterocycles. The first kappa shape index (κ1) is 24.1. The van der Waals surface area contributed by atoms with Gasteiger partial charge in [0.25, 0.3) is 21.8 Å². The summed E-state index contributed by atoms with van der Waals surface area (Å²) in [5.74, 6) is -0.577. The maximum Gasteiger partial charge on any atom is 0.269 e. The maximum atomic E-state index is 13.0. The van der Waals surface area contributed by atoms with Gasteiger partial charge in [0.1, 0.15) is 5.75 Å². The molecule has 2 amide bonds. The minimum absolute atomic E-state index is 0.0579. The second-order valence-corrected chi connectivity index (χ2v) is 9.25. The van der Waals surface area contributed by atoms with E-state index in [-0.39, 0.29) is 10.5 Å². The van der Waals surface area contributed by atoms with Crippen molar-refractivity contribution in [2.75, 3.05) is 18.0 Å². The van der Waals surface area contributed by atoms with Crippen LogP contribution < -0.4 is 19.9 Å². The number of hydrogen-bond donors (Lipinski definition) is 2. The van der Waals surface area contributed by atoms with Crippen LogP contribution in [0.3, 0.4) is 0 Å². The number of halogens is 1. The predicted molar refractivity (Wildman–Crippen MR) is 126 cm³/mol. The first-order valence-corrected chi connectivity index (χ1v) is 11.7. The molecule has 0 aliphatic rings. The molecule has 0 bridgehead atoms. The molecule has 33 heavy (non-hydrogen) atoms. The molecule has 2 N–H and O–H groups in total. The molecule has 0 heterocycles. The van der Waals surface area contributed by atoms with Gasteiger partial charge in [-0.05, 0) is 67.6 Å². The third-order valence-corrected chi connectivity index (χ3v) is 6.66. The van der Waals surface area contributed by atoms with Crippen molar-refractivity contribution in [1.29, 1.82) is 0 Å². The zero-order chi connectivity index (χ0) is 24.0. The quantitative estimate of drug-likeness (QED) is 0.495.